The summed E-state index contributed by atoms with van der Waals surface area (Å²) in [5, 5.41) is 0. The normalized spacial score (nSPS) is 9.33. The fraction of sp³-hybridized carbons (Fsp3) is 0. The van der Waals surface area contributed by atoms with Crippen LogP contribution < -0.4 is 4.52 Å². The van der Waals surface area contributed by atoms with Crippen molar-refractivity contribution in [2.45, 2.75) is 0 Å². The monoisotopic (exact) mass is 139 g/mol. The van der Waals surface area contributed by atoms with E-state index in [0.29, 0.717) is 5.75 Å². The molecule has 0 fully saturated rings. The van der Waals surface area contributed by atoms with Crippen LogP contribution in [-0.2, 0) is 4.57 Å². The second-order valence-corrected chi connectivity index (χ2v) is 1.74. The Bertz CT molecular complexity index is 186. The lowest BCUT2D eigenvalue weighted by molar-refractivity contribution is 0.525. The summed E-state index contributed by atoms with van der Waals surface area (Å²) in [4.78, 5) is 0. The Hall–Kier alpha value is -0.880. The first-order chi connectivity index (χ1) is 4.43. The predicted molar refractivity (Wildman–Crippen MR) is 33.5 cm³/mol. The second kappa shape index (κ2) is 3.21. The summed E-state index contributed by atoms with van der Waals surface area (Å²) in [7, 11) is -0.325. The SMILES string of the molecule is O=POc1c[c]ccc1. The smallest absolute Gasteiger partial charge is 0.395 e. The Labute approximate surface area is 54.8 Å². The molecule has 0 N–H and O–H groups in total. The van der Waals surface area contributed by atoms with Gasteiger partial charge in [-0.2, -0.15) is 0 Å². The van der Waals surface area contributed by atoms with E-state index < -0.39 is 0 Å². The van der Waals surface area contributed by atoms with Gasteiger partial charge in [0.05, 0.1) is 0 Å². The van der Waals surface area contributed by atoms with Gasteiger partial charge in [-0.3, -0.25) is 0 Å². The van der Waals surface area contributed by atoms with E-state index in [0.717, 1.165) is 0 Å². The molecular weight excluding hydrogens is 135 g/mol. The minimum Gasteiger partial charge on any atom is -0.408 e. The lowest BCUT2D eigenvalue weighted by Gasteiger charge is -1.90. The third-order valence-electron chi connectivity index (χ3n) is 0.821. The van der Waals surface area contributed by atoms with Crippen LogP contribution in [-0.4, -0.2) is 0 Å². The predicted octanol–water partition coefficient (Wildman–Crippen LogP) is 2.07. The molecule has 45 valence electrons. The average Bonchev–Trinajstić information content (AvgIpc) is 1.91. The van der Waals surface area contributed by atoms with Crippen LogP contribution in [0.15, 0.2) is 24.3 Å². The average molecular weight is 139 g/mol. The lowest BCUT2D eigenvalue weighted by Crippen LogP contribution is -1.70. The molecule has 3 heteroatoms. The van der Waals surface area contributed by atoms with Crippen LogP contribution in [0.25, 0.3) is 0 Å². The number of benzene rings is 1. The Balaban J connectivity index is 2.72. The first kappa shape index (κ1) is 6.24. The van der Waals surface area contributed by atoms with Crippen LogP contribution >= 0.6 is 8.69 Å². The Kier molecular flexibility index (Phi) is 2.22. The molecule has 0 aliphatic carbocycles. The van der Waals surface area contributed by atoms with Gasteiger partial charge in [-0.15, -0.1) is 0 Å². The second-order valence-electron chi connectivity index (χ2n) is 1.40. The maximum absolute atomic E-state index is 9.84. The molecule has 1 aromatic rings. The zero-order valence-electron chi connectivity index (χ0n) is 4.57. The molecule has 0 saturated heterocycles. The minimum atomic E-state index is -0.325. The van der Waals surface area contributed by atoms with E-state index in [1.54, 1.807) is 24.3 Å². The largest absolute Gasteiger partial charge is 0.408 e. The van der Waals surface area contributed by atoms with Crippen LogP contribution in [0.2, 0.25) is 0 Å². The summed E-state index contributed by atoms with van der Waals surface area (Å²) in [6.45, 7) is 0. The highest BCUT2D eigenvalue weighted by Crippen LogP contribution is 2.12. The van der Waals surface area contributed by atoms with Crippen molar-refractivity contribution < 1.29 is 9.09 Å². The first-order valence-corrected chi connectivity index (χ1v) is 3.12. The van der Waals surface area contributed by atoms with E-state index in [2.05, 4.69) is 10.6 Å². The topological polar surface area (TPSA) is 26.3 Å². The van der Waals surface area contributed by atoms with E-state index in [4.69, 9.17) is 0 Å². The van der Waals surface area contributed by atoms with Crippen LogP contribution in [0.3, 0.4) is 0 Å². The fourth-order valence-corrected chi connectivity index (χ4v) is 0.676. The van der Waals surface area contributed by atoms with Gasteiger partial charge in [-0.05, 0) is 18.2 Å². The number of hydrogen-bond donors (Lipinski definition) is 0. The minimum absolute atomic E-state index is 0.325. The highest BCUT2D eigenvalue weighted by Gasteiger charge is 1.86. The molecule has 0 spiro atoms. The molecule has 0 aliphatic heterocycles. The van der Waals surface area contributed by atoms with E-state index >= 15 is 0 Å². The van der Waals surface area contributed by atoms with Crippen molar-refractivity contribution in [1.29, 1.82) is 0 Å². The third kappa shape index (κ3) is 1.82. The number of rotatable bonds is 2. The zero-order valence-corrected chi connectivity index (χ0v) is 5.47. The van der Waals surface area contributed by atoms with Crippen molar-refractivity contribution in [2.75, 3.05) is 0 Å². The van der Waals surface area contributed by atoms with Gasteiger partial charge in [0.1, 0.15) is 5.75 Å². The van der Waals surface area contributed by atoms with Crippen molar-refractivity contribution in [3.8, 4) is 5.75 Å². The van der Waals surface area contributed by atoms with Gasteiger partial charge in [0.15, 0.2) is 0 Å². The van der Waals surface area contributed by atoms with Gasteiger partial charge in [0.2, 0.25) is 0 Å². The molecule has 9 heavy (non-hydrogen) atoms. The molecule has 0 amide bonds. The molecule has 0 aliphatic rings. The molecule has 0 heterocycles. The highest BCUT2D eigenvalue weighted by atomic mass is 31.1. The summed E-state index contributed by atoms with van der Waals surface area (Å²) in [5.41, 5.74) is 0. The van der Waals surface area contributed by atoms with Gasteiger partial charge < -0.3 is 4.52 Å². The molecule has 1 rings (SSSR count). The maximum atomic E-state index is 9.84. The van der Waals surface area contributed by atoms with Crippen molar-refractivity contribution in [3.63, 3.8) is 0 Å². The van der Waals surface area contributed by atoms with E-state index in [1.807, 2.05) is 0 Å². The third-order valence-corrected chi connectivity index (χ3v) is 1.11. The standard InChI is InChI=1S/C6H4O2P/c7-9-8-6-4-2-1-3-5-6/h1-2,4-5H. The molecule has 1 aromatic carbocycles. The van der Waals surface area contributed by atoms with Crippen LogP contribution in [0.4, 0.5) is 0 Å². The van der Waals surface area contributed by atoms with Crippen LogP contribution in [0.1, 0.15) is 0 Å². The van der Waals surface area contributed by atoms with E-state index in [9.17, 15) is 4.57 Å². The summed E-state index contributed by atoms with van der Waals surface area (Å²) in [6.07, 6.45) is 0. The molecule has 0 unspecified atom stereocenters. The van der Waals surface area contributed by atoms with Crippen LogP contribution in [0, 0.1) is 6.07 Å². The van der Waals surface area contributed by atoms with Crippen LogP contribution in [0.5, 0.6) is 5.75 Å². The molecule has 0 bridgehead atoms. The molecular formula is C6H4O2P. The van der Waals surface area contributed by atoms with Gasteiger partial charge >= 0.3 is 8.69 Å². The quantitative estimate of drug-likeness (QED) is 0.586. The maximum Gasteiger partial charge on any atom is 0.395 e. The summed E-state index contributed by atoms with van der Waals surface area (Å²) < 4.78 is 14.4. The van der Waals surface area contributed by atoms with Crippen molar-refractivity contribution in [3.05, 3.63) is 30.3 Å². The Morgan fingerprint density at radius 2 is 2.56 bits per heavy atom. The molecule has 0 saturated carbocycles. The van der Waals surface area contributed by atoms with Crippen molar-refractivity contribution >= 4 is 8.69 Å². The molecule has 0 aromatic heterocycles. The summed E-state index contributed by atoms with van der Waals surface area (Å²) in [6, 6.07) is 9.61. The van der Waals surface area contributed by atoms with Gasteiger partial charge in [-0.25, -0.2) is 4.57 Å². The number of hydrogen-bond acceptors (Lipinski definition) is 2. The summed E-state index contributed by atoms with van der Waals surface area (Å²) >= 11 is 0. The van der Waals surface area contributed by atoms with Crippen molar-refractivity contribution in [2.24, 2.45) is 0 Å². The van der Waals surface area contributed by atoms with Gasteiger partial charge in [0, 0.05) is 0 Å². The Morgan fingerprint density at radius 1 is 1.67 bits per heavy atom. The summed E-state index contributed by atoms with van der Waals surface area (Å²) in [5.74, 6) is 0.564. The van der Waals surface area contributed by atoms with Gasteiger partial charge in [0.25, 0.3) is 0 Å². The Morgan fingerprint density at radius 3 is 3.11 bits per heavy atom. The molecule has 2 nitrogen and oxygen atoms in total. The van der Waals surface area contributed by atoms with Gasteiger partial charge in [-0.1, -0.05) is 12.1 Å². The molecule has 1 radical (unpaired) electrons. The zero-order chi connectivity index (χ0) is 6.53. The highest BCUT2D eigenvalue weighted by molar-refractivity contribution is 7.17. The van der Waals surface area contributed by atoms with E-state index in [1.165, 1.54) is 0 Å². The first-order valence-electron chi connectivity index (χ1n) is 2.39. The fourth-order valence-electron chi connectivity index (χ4n) is 0.477. The van der Waals surface area contributed by atoms with Crippen molar-refractivity contribution in [1.82, 2.24) is 0 Å². The molecule has 0 atom stereocenters. The van der Waals surface area contributed by atoms with E-state index in [-0.39, 0.29) is 8.69 Å². The lowest BCUT2D eigenvalue weighted by atomic mass is 10.3.